The molecule has 0 aliphatic heterocycles. The molecular formula is C17H24F3N. The molecule has 0 atom stereocenters. The summed E-state index contributed by atoms with van der Waals surface area (Å²) in [6.07, 6.45) is -2.32. The fourth-order valence-electron chi connectivity index (χ4n) is 1.77. The van der Waals surface area contributed by atoms with Crippen LogP contribution >= 0.6 is 0 Å². The van der Waals surface area contributed by atoms with Crippen molar-refractivity contribution >= 4 is 6.08 Å². The number of halogens is 3. The molecule has 21 heavy (non-hydrogen) atoms. The maximum absolute atomic E-state index is 12.5. The van der Waals surface area contributed by atoms with Crippen LogP contribution in [0, 0.1) is 5.92 Å². The van der Waals surface area contributed by atoms with Gasteiger partial charge in [-0.2, -0.15) is 13.2 Å². The van der Waals surface area contributed by atoms with E-state index in [1.54, 1.807) is 0 Å². The Balaban J connectivity index is 2.91. The van der Waals surface area contributed by atoms with Crippen LogP contribution < -0.4 is 5.32 Å². The SMILES string of the molecule is CC(C)C(=Cc1ccc(C(F)(F)F)cc1)CNC(C)(C)C. The lowest BCUT2D eigenvalue weighted by Crippen LogP contribution is -2.37. The van der Waals surface area contributed by atoms with Crippen LogP contribution in [-0.4, -0.2) is 12.1 Å². The highest BCUT2D eigenvalue weighted by atomic mass is 19.4. The van der Waals surface area contributed by atoms with E-state index >= 15 is 0 Å². The Morgan fingerprint density at radius 3 is 2.00 bits per heavy atom. The van der Waals surface area contributed by atoms with Gasteiger partial charge in [0.1, 0.15) is 0 Å². The summed E-state index contributed by atoms with van der Waals surface area (Å²) < 4.78 is 37.6. The monoisotopic (exact) mass is 299 g/mol. The predicted octanol–water partition coefficient (Wildman–Crippen LogP) is 5.13. The summed E-state index contributed by atoms with van der Waals surface area (Å²) >= 11 is 0. The molecular weight excluding hydrogens is 275 g/mol. The molecule has 1 rings (SSSR count). The number of hydrogen-bond donors (Lipinski definition) is 1. The van der Waals surface area contributed by atoms with Crippen molar-refractivity contribution in [3.8, 4) is 0 Å². The van der Waals surface area contributed by atoms with Crippen molar-refractivity contribution in [2.24, 2.45) is 5.92 Å². The van der Waals surface area contributed by atoms with E-state index in [0.717, 1.165) is 24.2 Å². The minimum atomic E-state index is -4.28. The second-order valence-electron chi connectivity index (χ2n) is 6.60. The molecule has 1 N–H and O–H groups in total. The zero-order valence-corrected chi connectivity index (χ0v) is 13.3. The summed E-state index contributed by atoms with van der Waals surface area (Å²) in [6, 6.07) is 5.28. The lowest BCUT2D eigenvalue weighted by Gasteiger charge is -2.23. The topological polar surface area (TPSA) is 12.0 Å². The van der Waals surface area contributed by atoms with Gasteiger partial charge in [-0.25, -0.2) is 0 Å². The van der Waals surface area contributed by atoms with E-state index in [1.807, 2.05) is 6.08 Å². The van der Waals surface area contributed by atoms with Crippen LogP contribution in [0.5, 0.6) is 0 Å². The van der Waals surface area contributed by atoms with Crippen molar-refractivity contribution in [2.75, 3.05) is 6.54 Å². The normalized spacial score (nSPS) is 13.9. The first-order valence-corrected chi connectivity index (χ1v) is 7.12. The molecule has 0 bridgehead atoms. The van der Waals surface area contributed by atoms with E-state index in [-0.39, 0.29) is 5.54 Å². The second kappa shape index (κ2) is 6.65. The Labute approximate surface area is 125 Å². The van der Waals surface area contributed by atoms with Gasteiger partial charge in [0.05, 0.1) is 5.56 Å². The van der Waals surface area contributed by atoms with Crippen molar-refractivity contribution < 1.29 is 13.2 Å². The Morgan fingerprint density at radius 1 is 1.10 bits per heavy atom. The summed E-state index contributed by atoms with van der Waals surface area (Å²) in [5.74, 6) is 0.335. The molecule has 0 saturated carbocycles. The van der Waals surface area contributed by atoms with Crippen LogP contribution in [0.15, 0.2) is 29.8 Å². The maximum atomic E-state index is 12.5. The van der Waals surface area contributed by atoms with Gasteiger partial charge in [-0.05, 0) is 44.4 Å². The molecule has 1 nitrogen and oxygen atoms in total. The van der Waals surface area contributed by atoms with Gasteiger partial charge in [-0.3, -0.25) is 0 Å². The summed E-state index contributed by atoms with van der Waals surface area (Å²) in [4.78, 5) is 0. The third-order valence-corrected chi connectivity index (χ3v) is 3.15. The van der Waals surface area contributed by atoms with Gasteiger partial charge in [-0.1, -0.05) is 37.6 Å². The third kappa shape index (κ3) is 6.34. The maximum Gasteiger partial charge on any atom is 0.416 e. The average molecular weight is 299 g/mol. The minimum absolute atomic E-state index is 0.00806. The first-order valence-electron chi connectivity index (χ1n) is 7.12. The van der Waals surface area contributed by atoms with Crippen LogP contribution in [0.1, 0.15) is 45.7 Å². The molecule has 0 aromatic heterocycles. The van der Waals surface area contributed by atoms with E-state index in [0.29, 0.717) is 5.92 Å². The summed E-state index contributed by atoms with van der Waals surface area (Å²) in [5, 5.41) is 3.41. The second-order valence-corrected chi connectivity index (χ2v) is 6.60. The molecule has 0 heterocycles. The highest BCUT2D eigenvalue weighted by Gasteiger charge is 2.29. The van der Waals surface area contributed by atoms with Crippen molar-refractivity contribution in [2.45, 2.75) is 46.3 Å². The number of alkyl halides is 3. The molecule has 1 aromatic carbocycles. The van der Waals surface area contributed by atoms with Gasteiger partial charge >= 0.3 is 6.18 Å². The predicted molar refractivity (Wildman–Crippen MR) is 82.0 cm³/mol. The van der Waals surface area contributed by atoms with Crippen molar-refractivity contribution in [1.29, 1.82) is 0 Å². The lowest BCUT2D eigenvalue weighted by atomic mass is 9.98. The average Bonchev–Trinajstić information content (AvgIpc) is 2.32. The van der Waals surface area contributed by atoms with Crippen LogP contribution in [-0.2, 0) is 6.18 Å². The standard InChI is InChI=1S/C17H24F3N/c1-12(2)14(11-21-16(3,4)5)10-13-6-8-15(9-7-13)17(18,19)20/h6-10,12,21H,11H2,1-5H3. The zero-order chi connectivity index (χ0) is 16.3. The van der Waals surface area contributed by atoms with Crippen LogP contribution in [0.25, 0.3) is 6.08 Å². The molecule has 0 saturated heterocycles. The Hall–Kier alpha value is -1.29. The Morgan fingerprint density at radius 2 is 1.62 bits per heavy atom. The molecule has 0 spiro atoms. The fourth-order valence-corrected chi connectivity index (χ4v) is 1.77. The first kappa shape index (κ1) is 17.8. The van der Waals surface area contributed by atoms with Gasteiger partial charge in [-0.15, -0.1) is 0 Å². The van der Waals surface area contributed by atoms with Gasteiger partial charge in [0.25, 0.3) is 0 Å². The zero-order valence-electron chi connectivity index (χ0n) is 13.3. The van der Waals surface area contributed by atoms with Crippen molar-refractivity contribution in [3.05, 3.63) is 41.0 Å². The molecule has 4 heteroatoms. The Bertz CT molecular complexity index is 476. The molecule has 0 fully saturated rings. The molecule has 1 aromatic rings. The molecule has 0 aliphatic carbocycles. The first-order chi connectivity index (χ1) is 9.49. The van der Waals surface area contributed by atoms with Crippen molar-refractivity contribution in [1.82, 2.24) is 5.32 Å². The minimum Gasteiger partial charge on any atom is -0.308 e. The summed E-state index contributed by atoms with van der Waals surface area (Å²) in [7, 11) is 0. The van der Waals surface area contributed by atoms with Gasteiger partial charge < -0.3 is 5.32 Å². The van der Waals surface area contributed by atoms with E-state index in [4.69, 9.17) is 0 Å². The Kier molecular flexibility index (Phi) is 5.62. The quantitative estimate of drug-likeness (QED) is 0.812. The number of benzene rings is 1. The van der Waals surface area contributed by atoms with Crippen LogP contribution in [0.3, 0.4) is 0 Å². The van der Waals surface area contributed by atoms with Crippen LogP contribution in [0.2, 0.25) is 0 Å². The lowest BCUT2D eigenvalue weighted by molar-refractivity contribution is -0.137. The summed E-state index contributed by atoms with van der Waals surface area (Å²) in [6.45, 7) is 11.2. The highest BCUT2D eigenvalue weighted by Crippen LogP contribution is 2.29. The smallest absolute Gasteiger partial charge is 0.308 e. The fraction of sp³-hybridized carbons (Fsp3) is 0.529. The van der Waals surface area contributed by atoms with E-state index in [9.17, 15) is 13.2 Å². The third-order valence-electron chi connectivity index (χ3n) is 3.15. The van der Waals surface area contributed by atoms with E-state index < -0.39 is 11.7 Å². The van der Waals surface area contributed by atoms with E-state index in [2.05, 4.69) is 39.9 Å². The molecule has 0 amide bonds. The van der Waals surface area contributed by atoms with Gasteiger partial charge in [0.2, 0.25) is 0 Å². The highest BCUT2D eigenvalue weighted by molar-refractivity contribution is 5.54. The largest absolute Gasteiger partial charge is 0.416 e. The summed E-state index contributed by atoms with van der Waals surface area (Å²) in [5.41, 5.74) is 1.36. The van der Waals surface area contributed by atoms with Gasteiger partial charge in [0.15, 0.2) is 0 Å². The molecule has 0 radical (unpaired) electrons. The van der Waals surface area contributed by atoms with Gasteiger partial charge in [0, 0.05) is 12.1 Å². The molecule has 118 valence electrons. The number of nitrogens with one attached hydrogen (secondary N) is 1. The molecule has 0 aliphatic rings. The molecule has 0 unspecified atom stereocenters. The number of hydrogen-bond acceptors (Lipinski definition) is 1. The van der Waals surface area contributed by atoms with E-state index in [1.165, 1.54) is 17.7 Å². The van der Waals surface area contributed by atoms with Crippen LogP contribution in [0.4, 0.5) is 13.2 Å². The number of rotatable bonds is 4. The van der Waals surface area contributed by atoms with Crippen molar-refractivity contribution in [3.63, 3.8) is 0 Å².